The van der Waals surface area contributed by atoms with Gasteiger partial charge in [0.1, 0.15) is 0 Å². The normalized spacial score (nSPS) is 10.3. The van der Waals surface area contributed by atoms with Crippen LogP contribution in [0.3, 0.4) is 0 Å². The molecule has 2 rings (SSSR count). The average molecular weight is 296 g/mol. The first kappa shape index (κ1) is 11.4. The van der Waals surface area contributed by atoms with E-state index in [0.717, 1.165) is 20.9 Å². The number of thioether (sulfide) groups is 1. The van der Waals surface area contributed by atoms with E-state index in [-0.39, 0.29) is 0 Å². The van der Waals surface area contributed by atoms with E-state index in [0.29, 0.717) is 5.69 Å². The lowest BCUT2D eigenvalue weighted by Gasteiger charge is -2.01. The predicted octanol–water partition coefficient (Wildman–Crippen LogP) is 3.11. The zero-order valence-corrected chi connectivity index (χ0v) is 10.8. The Morgan fingerprint density at radius 2 is 2.00 bits per heavy atom. The van der Waals surface area contributed by atoms with Gasteiger partial charge in [0.15, 0.2) is 0 Å². The lowest BCUT2D eigenvalue weighted by Crippen LogP contribution is -1.89. The number of pyridine rings is 2. The van der Waals surface area contributed by atoms with Gasteiger partial charge in [-0.05, 0) is 40.2 Å². The molecule has 0 bridgehead atoms. The molecule has 0 atom stereocenters. The van der Waals surface area contributed by atoms with Crippen molar-refractivity contribution in [1.82, 2.24) is 9.97 Å². The zero-order chi connectivity index (χ0) is 11.4. The van der Waals surface area contributed by atoms with Gasteiger partial charge in [-0.15, -0.1) is 11.8 Å². The number of halogens is 1. The number of aromatic nitrogens is 2. The van der Waals surface area contributed by atoms with Crippen molar-refractivity contribution in [2.45, 2.75) is 10.8 Å². The monoisotopic (exact) mass is 295 g/mol. The van der Waals surface area contributed by atoms with Gasteiger partial charge in [0, 0.05) is 16.4 Å². The third kappa shape index (κ3) is 3.21. The minimum Gasteiger partial charge on any atom is -0.397 e. The van der Waals surface area contributed by atoms with Crippen molar-refractivity contribution in [3.05, 3.63) is 46.8 Å². The maximum absolute atomic E-state index is 5.56. The van der Waals surface area contributed by atoms with Crippen LogP contribution in [0.4, 0.5) is 5.69 Å². The maximum atomic E-state index is 5.56. The summed E-state index contributed by atoms with van der Waals surface area (Å²) in [6.45, 7) is 0. The van der Waals surface area contributed by atoms with Gasteiger partial charge in [0.25, 0.3) is 0 Å². The summed E-state index contributed by atoms with van der Waals surface area (Å²) < 4.78 is 0.992. The molecule has 0 aromatic carbocycles. The van der Waals surface area contributed by atoms with Crippen molar-refractivity contribution < 1.29 is 0 Å². The van der Waals surface area contributed by atoms with Crippen LogP contribution in [0.1, 0.15) is 5.69 Å². The van der Waals surface area contributed by atoms with Crippen LogP contribution >= 0.6 is 27.7 Å². The van der Waals surface area contributed by atoms with E-state index in [4.69, 9.17) is 5.73 Å². The number of nitrogens with zero attached hydrogens (tertiary/aromatic N) is 2. The minimum absolute atomic E-state index is 0.686. The van der Waals surface area contributed by atoms with Crippen molar-refractivity contribution in [2.75, 3.05) is 5.73 Å². The highest BCUT2D eigenvalue weighted by atomic mass is 79.9. The van der Waals surface area contributed by atoms with Crippen LogP contribution in [0.15, 0.2) is 46.2 Å². The molecule has 0 aliphatic carbocycles. The van der Waals surface area contributed by atoms with Gasteiger partial charge in [-0.1, -0.05) is 0 Å². The number of rotatable bonds is 3. The molecule has 0 aliphatic heterocycles. The Bertz CT molecular complexity index is 410. The molecule has 2 heterocycles. The van der Waals surface area contributed by atoms with E-state index < -0.39 is 0 Å². The Morgan fingerprint density at radius 3 is 2.62 bits per heavy atom. The standard InChI is InChI=1S/C11H10BrN3S/c12-8-1-3-10(14-5-8)7-16-11-4-2-9(13)6-15-11/h1-6H,7,13H2. The predicted molar refractivity (Wildman–Crippen MR) is 70.1 cm³/mol. The Balaban J connectivity index is 1.97. The van der Waals surface area contributed by atoms with Gasteiger partial charge in [-0.3, -0.25) is 4.98 Å². The summed E-state index contributed by atoms with van der Waals surface area (Å²) in [5.74, 6) is 0.810. The van der Waals surface area contributed by atoms with Crippen LogP contribution in [0.5, 0.6) is 0 Å². The zero-order valence-electron chi connectivity index (χ0n) is 8.43. The second kappa shape index (κ2) is 5.32. The Hall–Kier alpha value is -1.07. The molecular formula is C11H10BrN3S. The summed E-state index contributed by atoms with van der Waals surface area (Å²) in [6, 6.07) is 7.75. The van der Waals surface area contributed by atoms with Crippen molar-refractivity contribution in [3.63, 3.8) is 0 Å². The quantitative estimate of drug-likeness (QED) is 0.884. The Morgan fingerprint density at radius 1 is 1.12 bits per heavy atom. The maximum Gasteiger partial charge on any atom is 0.0965 e. The summed E-state index contributed by atoms with van der Waals surface area (Å²) in [6.07, 6.45) is 3.46. The number of nitrogen functional groups attached to an aromatic ring is 1. The molecule has 0 saturated carbocycles. The van der Waals surface area contributed by atoms with E-state index in [1.807, 2.05) is 24.3 Å². The SMILES string of the molecule is Nc1ccc(SCc2ccc(Br)cn2)nc1. The lowest BCUT2D eigenvalue weighted by atomic mass is 10.4. The Labute approximate surface area is 107 Å². The fourth-order valence-electron chi connectivity index (χ4n) is 1.12. The van der Waals surface area contributed by atoms with Gasteiger partial charge in [0.2, 0.25) is 0 Å². The first-order valence-corrected chi connectivity index (χ1v) is 6.46. The molecule has 0 spiro atoms. The molecule has 0 unspecified atom stereocenters. The molecule has 2 aromatic heterocycles. The summed E-state index contributed by atoms with van der Waals surface area (Å²) in [5, 5.41) is 0.957. The molecular weight excluding hydrogens is 286 g/mol. The summed E-state index contributed by atoms with van der Waals surface area (Å²) in [4.78, 5) is 8.50. The molecule has 0 aliphatic rings. The smallest absolute Gasteiger partial charge is 0.0965 e. The van der Waals surface area contributed by atoms with E-state index >= 15 is 0 Å². The van der Waals surface area contributed by atoms with Gasteiger partial charge >= 0.3 is 0 Å². The van der Waals surface area contributed by atoms with E-state index in [2.05, 4.69) is 25.9 Å². The molecule has 0 fully saturated rings. The second-order valence-corrected chi connectivity index (χ2v) is 5.10. The fraction of sp³-hybridized carbons (Fsp3) is 0.0909. The van der Waals surface area contributed by atoms with Crippen LogP contribution in [0.25, 0.3) is 0 Å². The van der Waals surface area contributed by atoms with Crippen LogP contribution in [-0.2, 0) is 5.75 Å². The van der Waals surface area contributed by atoms with Crippen LogP contribution in [0.2, 0.25) is 0 Å². The van der Waals surface area contributed by atoms with Crippen LogP contribution in [0, 0.1) is 0 Å². The number of hydrogen-bond acceptors (Lipinski definition) is 4. The van der Waals surface area contributed by atoms with Gasteiger partial charge in [0.05, 0.1) is 22.6 Å². The second-order valence-electron chi connectivity index (χ2n) is 3.19. The lowest BCUT2D eigenvalue weighted by molar-refractivity contribution is 1.12. The topological polar surface area (TPSA) is 51.8 Å². The first-order valence-electron chi connectivity index (χ1n) is 4.69. The molecule has 16 heavy (non-hydrogen) atoms. The molecule has 0 radical (unpaired) electrons. The van der Waals surface area contributed by atoms with Crippen molar-refractivity contribution in [3.8, 4) is 0 Å². The highest BCUT2D eigenvalue weighted by Crippen LogP contribution is 2.20. The van der Waals surface area contributed by atoms with Crippen molar-refractivity contribution in [1.29, 1.82) is 0 Å². The number of anilines is 1. The molecule has 5 heteroatoms. The van der Waals surface area contributed by atoms with E-state index in [1.165, 1.54) is 0 Å². The third-order valence-electron chi connectivity index (χ3n) is 1.92. The van der Waals surface area contributed by atoms with Crippen LogP contribution < -0.4 is 5.73 Å². The largest absolute Gasteiger partial charge is 0.397 e. The Kier molecular flexibility index (Phi) is 3.79. The molecule has 0 saturated heterocycles. The molecule has 2 aromatic rings. The first-order chi connectivity index (χ1) is 7.74. The third-order valence-corrected chi connectivity index (χ3v) is 3.36. The van der Waals surface area contributed by atoms with Crippen molar-refractivity contribution >= 4 is 33.4 Å². The molecule has 3 nitrogen and oxygen atoms in total. The average Bonchev–Trinajstić information content (AvgIpc) is 2.30. The molecule has 82 valence electrons. The minimum atomic E-state index is 0.686. The highest BCUT2D eigenvalue weighted by molar-refractivity contribution is 9.10. The van der Waals surface area contributed by atoms with Gasteiger partial charge in [-0.25, -0.2) is 4.98 Å². The van der Waals surface area contributed by atoms with Gasteiger partial charge < -0.3 is 5.73 Å². The van der Waals surface area contributed by atoms with Gasteiger partial charge in [-0.2, -0.15) is 0 Å². The number of nitrogens with two attached hydrogens (primary N) is 1. The van der Waals surface area contributed by atoms with E-state index in [9.17, 15) is 0 Å². The molecule has 0 amide bonds. The molecule has 2 N–H and O–H groups in total. The summed E-state index contributed by atoms with van der Waals surface area (Å²) in [5.41, 5.74) is 7.28. The number of hydrogen-bond donors (Lipinski definition) is 1. The summed E-state index contributed by atoms with van der Waals surface area (Å²) in [7, 11) is 0. The highest BCUT2D eigenvalue weighted by Gasteiger charge is 1.98. The van der Waals surface area contributed by atoms with Crippen LogP contribution in [-0.4, -0.2) is 9.97 Å². The van der Waals surface area contributed by atoms with Crippen molar-refractivity contribution in [2.24, 2.45) is 0 Å². The fourth-order valence-corrected chi connectivity index (χ4v) is 2.11. The summed E-state index contributed by atoms with van der Waals surface area (Å²) >= 11 is 5.00. The van der Waals surface area contributed by atoms with E-state index in [1.54, 1.807) is 24.2 Å².